The van der Waals surface area contributed by atoms with Gasteiger partial charge in [-0.1, -0.05) is 17.3 Å². The molecule has 2 fully saturated rings. The number of alkyl halides is 3. The molecule has 0 amide bonds. The SMILES string of the molecule is COC(NCc1nc(-c2cc3c(N[C@@H]4CCN(C)CC45CC5)cccc3n2CC(F)(F)F)no1)c1ccc2[nH]cc(C)c2c1. The fourth-order valence-electron chi connectivity index (χ4n) is 6.80. The van der Waals surface area contributed by atoms with Crippen molar-refractivity contribution in [3.8, 4) is 11.5 Å². The Bertz CT molecular complexity index is 1800. The zero-order chi connectivity index (χ0) is 30.6. The summed E-state index contributed by atoms with van der Waals surface area (Å²) in [6, 6.07) is 13.5. The molecule has 0 bridgehead atoms. The molecule has 1 saturated carbocycles. The smallest absolute Gasteiger partial charge is 0.381 e. The maximum absolute atomic E-state index is 13.8. The summed E-state index contributed by atoms with van der Waals surface area (Å²) in [7, 11) is 3.75. The van der Waals surface area contributed by atoms with Crippen molar-refractivity contribution in [2.75, 3.05) is 32.6 Å². The van der Waals surface area contributed by atoms with Gasteiger partial charge < -0.3 is 29.0 Å². The van der Waals surface area contributed by atoms with Gasteiger partial charge in [-0.15, -0.1) is 0 Å². The molecule has 0 radical (unpaired) electrons. The molecule has 1 spiro atoms. The second-order valence-corrected chi connectivity index (χ2v) is 12.3. The number of halogens is 3. The van der Waals surface area contributed by atoms with Crippen LogP contribution in [0.5, 0.6) is 0 Å². The van der Waals surface area contributed by atoms with Gasteiger partial charge in [-0.25, -0.2) is 0 Å². The van der Waals surface area contributed by atoms with Crippen LogP contribution < -0.4 is 10.6 Å². The molecule has 1 saturated heterocycles. The van der Waals surface area contributed by atoms with Crippen LogP contribution in [-0.4, -0.2) is 64.1 Å². The van der Waals surface area contributed by atoms with Crippen molar-refractivity contribution < 1.29 is 22.4 Å². The number of aromatic amines is 1. The van der Waals surface area contributed by atoms with Crippen LogP contribution in [0.2, 0.25) is 0 Å². The molecule has 2 aliphatic rings. The van der Waals surface area contributed by atoms with Gasteiger partial charge in [0.25, 0.3) is 0 Å². The summed E-state index contributed by atoms with van der Waals surface area (Å²) in [4.78, 5) is 10.1. The predicted octanol–water partition coefficient (Wildman–Crippen LogP) is 6.37. The largest absolute Gasteiger partial charge is 0.406 e. The molecule has 1 aliphatic heterocycles. The number of aryl methyl sites for hydroxylation is 1. The van der Waals surface area contributed by atoms with Crippen LogP contribution in [0.3, 0.4) is 0 Å². The first-order valence-electron chi connectivity index (χ1n) is 14.9. The summed E-state index contributed by atoms with van der Waals surface area (Å²) in [5.41, 5.74) is 4.87. The number of piperidine rings is 1. The number of rotatable bonds is 9. The molecular formula is C32H36F3N7O2. The molecule has 232 valence electrons. The lowest BCUT2D eigenvalue weighted by Gasteiger charge is -2.38. The van der Waals surface area contributed by atoms with Gasteiger partial charge in [0.15, 0.2) is 0 Å². The summed E-state index contributed by atoms with van der Waals surface area (Å²) < 4.78 is 54.0. The van der Waals surface area contributed by atoms with Gasteiger partial charge in [0.1, 0.15) is 12.8 Å². The van der Waals surface area contributed by atoms with Gasteiger partial charge in [0, 0.05) is 53.3 Å². The Morgan fingerprint density at radius 1 is 1.18 bits per heavy atom. The molecule has 3 N–H and O–H groups in total. The molecule has 3 aromatic heterocycles. The molecule has 7 rings (SSSR count). The number of nitrogens with zero attached hydrogens (tertiary/aromatic N) is 4. The van der Waals surface area contributed by atoms with Gasteiger partial charge in [-0.05, 0) is 81.2 Å². The molecule has 5 aromatic rings. The predicted molar refractivity (Wildman–Crippen MR) is 162 cm³/mol. The standard InChI is InChI=1S/C32H36F3N7O2/c1-19-15-36-23-8-7-20(13-21(19)23)30(43-3)37-16-28-39-29(40-44-28)26-14-22-24(5-4-6-25(22)42(26)18-32(33,34)35)38-27-9-12-41(2)17-31(27)10-11-31/h4-8,13-15,27,30,36-38H,9-12,16-18H2,1-3H3/t27-,30?/m1/s1. The van der Waals surface area contributed by atoms with E-state index in [1.54, 1.807) is 25.3 Å². The molecule has 1 aliphatic carbocycles. The third kappa shape index (κ3) is 5.46. The molecule has 44 heavy (non-hydrogen) atoms. The zero-order valence-corrected chi connectivity index (χ0v) is 25.0. The van der Waals surface area contributed by atoms with Crippen molar-refractivity contribution in [3.63, 3.8) is 0 Å². The fraction of sp³-hybridized carbons (Fsp3) is 0.438. The number of fused-ring (bicyclic) bond motifs is 2. The Labute approximate surface area is 252 Å². The highest BCUT2D eigenvalue weighted by Gasteiger charge is 2.51. The molecular weight excluding hydrogens is 571 g/mol. The molecule has 1 unspecified atom stereocenters. The summed E-state index contributed by atoms with van der Waals surface area (Å²) in [6.45, 7) is 3.06. The van der Waals surface area contributed by atoms with Gasteiger partial charge in [0.05, 0.1) is 17.8 Å². The quantitative estimate of drug-likeness (QED) is 0.168. The first-order chi connectivity index (χ1) is 21.1. The van der Waals surface area contributed by atoms with E-state index in [1.165, 1.54) is 4.57 Å². The Balaban J connectivity index is 1.16. The number of H-pyrrole nitrogens is 1. The highest BCUT2D eigenvalue weighted by atomic mass is 19.4. The van der Waals surface area contributed by atoms with Crippen molar-refractivity contribution >= 4 is 27.5 Å². The van der Waals surface area contributed by atoms with E-state index in [9.17, 15) is 13.2 Å². The average Bonchev–Trinajstić information content (AvgIpc) is 3.29. The van der Waals surface area contributed by atoms with Crippen molar-refractivity contribution in [3.05, 3.63) is 65.7 Å². The van der Waals surface area contributed by atoms with Gasteiger partial charge in [-0.3, -0.25) is 5.32 Å². The first-order valence-corrected chi connectivity index (χ1v) is 14.9. The molecule has 9 nitrogen and oxygen atoms in total. The highest BCUT2D eigenvalue weighted by molar-refractivity contribution is 5.96. The van der Waals surface area contributed by atoms with Crippen molar-refractivity contribution in [2.24, 2.45) is 5.41 Å². The van der Waals surface area contributed by atoms with Gasteiger partial charge >= 0.3 is 6.18 Å². The normalized spacial score (nSPS) is 19.3. The maximum atomic E-state index is 13.8. The van der Waals surface area contributed by atoms with Crippen LogP contribution in [0, 0.1) is 12.3 Å². The van der Waals surface area contributed by atoms with Crippen molar-refractivity contribution in [1.29, 1.82) is 0 Å². The average molecular weight is 608 g/mol. The van der Waals surface area contributed by atoms with E-state index >= 15 is 0 Å². The molecule has 2 atom stereocenters. The second-order valence-electron chi connectivity index (χ2n) is 12.3. The Morgan fingerprint density at radius 3 is 2.80 bits per heavy atom. The summed E-state index contributed by atoms with van der Waals surface area (Å²) in [6.07, 6.45) is 0.382. The number of hydrogen-bond donors (Lipinski definition) is 3. The lowest BCUT2D eigenvalue weighted by molar-refractivity contribution is -0.139. The molecule has 12 heteroatoms. The fourth-order valence-corrected chi connectivity index (χ4v) is 6.80. The van der Waals surface area contributed by atoms with E-state index in [4.69, 9.17) is 9.26 Å². The van der Waals surface area contributed by atoms with Crippen molar-refractivity contribution in [1.82, 2.24) is 29.9 Å². The summed E-state index contributed by atoms with van der Waals surface area (Å²) in [5, 5.41) is 12.9. The monoisotopic (exact) mass is 607 g/mol. The lowest BCUT2D eigenvalue weighted by Crippen LogP contribution is -2.46. The summed E-state index contributed by atoms with van der Waals surface area (Å²) >= 11 is 0. The van der Waals surface area contributed by atoms with Crippen LogP contribution >= 0.6 is 0 Å². The number of benzene rings is 2. The molecule has 2 aromatic carbocycles. The Kier molecular flexibility index (Phi) is 7.18. The minimum absolute atomic E-state index is 0.101. The van der Waals surface area contributed by atoms with E-state index in [0.717, 1.165) is 60.1 Å². The second kappa shape index (κ2) is 10.9. The number of likely N-dealkylation sites (tertiary alicyclic amines) is 1. The van der Waals surface area contributed by atoms with Crippen LogP contribution in [0.1, 0.15) is 42.5 Å². The van der Waals surface area contributed by atoms with Crippen LogP contribution in [0.15, 0.2) is 53.2 Å². The van der Waals surface area contributed by atoms with E-state index in [1.807, 2.05) is 31.3 Å². The third-order valence-corrected chi connectivity index (χ3v) is 9.22. The number of nitrogens with one attached hydrogen (secondary N) is 3. The van der Waals surface area contributed by atoms with Gasteiger partial charge in [-0.2, -0.15) is 18.2 Å². The number of methoxy groups -OCH3 is 1. The maximum Gasteiger partial charge on any atom is 0.406 e. The van der Waals surface area contributed by atoms with E-state index < -0.39 is 18.9 Å². The highest BCUT2D eigenvalue weighted by Crippen LogP contribution is 2.53. The third-order valence-electron chi connectivity index (χ3n) is 9.22. The lowest BCUT2D eigenvalue weighted by atomic mass is 9.89. The Hall–Kier alpha value is -3.87. The zero-order valence-electron chi connectivity index (χ0n) is 25.0. The van der Waals surface area contributed by atoms with Crippen molar-refractivity contribution in [2.45, 2.75) is 57.7 Å². The number of anilines is 1. The van der Waals surface area contributed by atoms with Gasteiger partial charge in [0.2, 0.25) is 11.7 Å². The number of hydrogen-bond acceptors (Lipinski definition) is 7. The first kappa shape index (κ1) is 28.9. The van der Waals surface area contributed by atoms with Crippen LogP contribution in [-0.2, 0) is 17.8 Å². The van der Waals surface area contributed by atoms with E-state index in [0.29, 0.717) is 10.9 Å². The van der Waals surface area contributed by atoms with Crippen LogP contribution in [0.25, 0.3) is 33.3 Å². The van der Waals surface area contributed by atoms with E-state index in [-0.39, 0.29) is 35.4 Å². The topological polar surface area (TPSA) is 96.2 Å². The Morgan fingerprint density at radius 2 is 2.02 bits per heavy atom. The molecule has 4 heterocycles. The number of aromatic nitrogens is 4. The number of ether oxygens (including phenoxy) is 1. The minimum atomic E-state index is -4.44. The summed E-state index contributed by atoms with van der Waals surface area (Å²) in [5.74, 6) is 0.342. The van der Waals surface area contributed by atoms with E-state index in [2.05, 4.69) is 43.8 Å². The minimum Gasteiger partial charge on any atom is -0.381 e. The van der Waals surface area contributed by atoms with Crippen LogP contribution in [0.4, 0.5) is 18.9 Å².